The molecule has 0 bridgehead atoms. The molecule has 3 N–H and O–H groups in total. The number of nitrogens with one attached hydrogen (secondary N) is 2. The van der Waals surface area contributed by atoms with E-state index in [0.29, 0.717) is 6.54 Å². The number of ether oxygens (including phenoxy) is 1. The fourth-order valence-corrected chi connectivity index (χ4v) is 0.886. The summed E-state index contributed by atoms with van der Waals surface area (Å²) in [6, 6.07) is 0. The van der Waals surface area contributed by atoms with Gasteiger partial charge in [-0.15, -0.1) is 0 Å². The fourth-order valence-electron chi connectivity index (χ4n) is 0.886. The molecule has 1 atom stereocenters. The number of hydrogen-bond acceptors (Lipinski definition) is 5. The summed E-state index contributed by atoms with van der Waals surface area (Å²) in [4.78, 5) is 11.1. The maximum Gasteiger partial charge on any atom is 0.308 e. The van der Waals surface area contributed by atoms with Gasteiger partial charge < -0.3 is 20.5 Å². The number of esters is 1. The van der Waals surface area contributed by atoms with Crippen molar-refractivity contribution in [3.05, 3.63) is 0 Å². The molecule has 90 valence electrons. The van der Waals surface area contributed by atoms with Gasteiger partial charge in [-0.05, 0) is 7.05 Å². The molecular formula is C10H22N2O3. The van der Waals surface area contributed by atoms with Gasteiger partial charge >= 0.3 is 5.97 Å². The first kappa shape index (κ1) is 14.3. The van der Waals surface area contributed by atoms with E-state index in [4.69, 9.17) is 4.74 Å². The summed E-state index contributed by atoms with van der Waals surface area (Å²) in [5, 5.41) is 15.4. The maximum atomic E-state index is 11.1. The highest BCUT2D eigenvalue weighted by Crippen LogP contribution is 1.96. The van der Waals surface area contributed by atoms with E-state index in [1.165, 1.54) is 0 Å². The van der Waals surface area contributed by atoms with Crippen molar-refractivity contribution in [2.45, 2.75) is 20.0 Å². The molecule has 0 fully saturated rings. The number of aliphatic hydroxyl groups excluding tert-OH is 1. The Morgan fingerprint density at radius 3 is 2.60 bits per heavy atom. The molecule has 0 aromatic rings. The van der Waals surface area contributed by atoms with Gasteiger partial charge in [-0.1, -0.05) is 13.8 Å². The summed E-state index contributed by atoms with van der Waals surface area (Å²) < 4.78 is 4.88. The van der Waals surface area contributed by atoms with Crippen LogP contribution in [-0.4, -0.2) is 50.5 Å². The molecule has 0 spiro atoms. The predicted octanol–water partition coefficient (Wildman–Crippen LogP) is -0.644. The molecule has 1 unspecified atom stereocenters. The van der Waals surface area contributed by atoms with E-state index >= 15 is 0 Å². The van der Waals surface area contributed by atoms with Crippen LogP contribution in [0.2, 0.25) is 0 Å². The number of carbonyl (C=O) groups is 1. The van der Waals surface area contributed by atoms with Crippen molar-refractivity contribution < 1.29 is 14.6 Å². The molecule has 0 amide bonds. The monoisotopic (exact) mass is 218 g/mol. The molecule has 0 aromatic heterocycles. The molecule has 0 radical (unpaired) electrons. The molecule has 0 rings (SSSR count). The van der Waals surface area contributed by atoms with Crippen molar-refractivity contribution >= 4 is 5.97 Å². The molecule has 15 heavy (non-hydrogen) atoms. The molecule has 0 saturated carbocycles. The molecule has 0 aliphatic carbocycles. The second kappa shape index (κ2) is 8.64. The van der Waals surface area contributed by atoms with Crippen LogP contribution in [0.15, 0.2) is 0 Å². The average Bonchev–Trinajstić information content (AvgIpc) is 2.20. The Kier molecular flexibility index (Phi) is 8.27. The Balaban J connectivity index is 3.40. The first-order chi connectivity index (χ1) is 7.07. The smallest absolute Gasteiger partial charge is 0.308 e. The van der Waals surface area contributed by atoms with Gasteiger partial charge in [0.1, 0.15) is 12.7 Å². The molecule has 0 saturated heterocycles. The Hall–Kier alpha value is -0.650. The zero-order valence-corrected chi connectivity index (χ0v) is 9.75. The minimum atomic E-state index is -0.635. The van der Waals surface area contributed by atoms with Crippen LogP contribution in [0, 0.1) is 5.92 Å². The molecule has 0 aliphatic heterocycles. The van der Waals surface area contributed by atoms with Gasteiger partial charge in [0.2, 0.25) is 0 Å². The van der Waals surface area contributed by atoms with E-state index < -0.39 is 6.10 Å². The van der Waals surface area contributed by atoms with Crippen LogP contribution in [0.4, 0.5) is 0 Å². The minimum Gasteiger partial charge on any atom is -0.463 e. The van der Waals surface area contributed by atoms with Crippen molar-refractivity contribution in [3.8, 4) is 0 Å². The summed E-state index contributed by atoms with van der Waals surface area (Å²) in [6.07, 6.45) is -0.635. The summed E-state index contributed by atoms with van der Waals surface area (Å²) in [5.41, 5.74) is 0. The van der Waals surface area contributed by atoms with Crippen LogP contribution in [0.25, 0.3) is 0 Å². The number of likely N-dealkylation sites (N-methyl/N-ethyl adjacent to an activating group) is 1. The third-order valence-electron chi connectivity index (χ3n) is 1.82. The van der Waals surface area contributed by atoms with Crippen molar-refractivity contribution in [2.75, 3.05) is 33.3 Å². The molecule has 5 heteroatoms. The van der Waals surface area contributed by atoms with Crippen molar-refractivity contribution in [1.29, 1.82) is 0 Å². The summed E-state index contributed by atoms with van der Waals surface area (Å²) >= 11 is 0. The number of carbonyl (C=O) groups excluding carboxylic acids is 1. The molecule has 0 heterocycles. The van der Waals surface area contributed by atoms with E-state index in [1.54, 1.807) is 13.8 Å². The number of rotatable bonds is 8. The Labute approximate surface area is 91.2 Å². The fraction of sp³-hybridized carbons (Fsp3) is 0.900. The van der Waals surface area contributed by atoms with Crippen molar-refractivity contribution in [2.24, 2.45) is 5.92 Å². The molecule has 0 aromatic carbocycles. The lowest BCUT2D eigenvalue weighted by molar-refractivity contribution is -0.150. The van der Waals surface area contributed by atoms with Crippen LogP contribution in [0.1, 0.15) is 13.8 Å². The topological polar surface area (TPSA) is 70.6 Å². The molecule has 5 nitrogen and oxygen atoms in total. The van der Waals surface area contributed by atoms with E-state index in [-0.39, 0.29) is 18.5 Å². The van der Waals surface area contributed by atoms with Gasteiger partial charge in [-0.3, -0.25) is 4.79 Å². The number of hydrogen-bond donors (Lipinski definition) is 3. The lowest BCUT2D eigenvalue weighted by atomic mass is 10.2. The first-order valence-corrected chi connectivity index (χ1v) is 5.28. The average molecular weight is 218 g/mol. The van der Waals surface area contributed by atoms with E-state index in [9.17, 15) is 9.90 Å². The van der Waals surface area contributed by atoms with Crippen molar-refractivity contribution in [3.63, 3.8) is 0 Å². The zero-order valence-electron chi connectivity index (χ0n) is 9.75. The summed E-state index contributed by atoms with van der Waals surface area (Å²) in [7, 11) is 1.86. The lowest BCUT2D eigenvalue weighted by Gasteiger charge is -2.13. The van der Waals surface area contributed by atoms with Crippen LogP contribution in [0.5, 0.6) is 0 Å². The number of aliphatic hydroxyl groups is 1. The lowest BCUT2D eigenvalue weighted by Crippen LogP contribution is -2.35. The van der Waals surface area contributed by atoms with Gasteiger partial charge in [-0.25, -0.2) is 0 Å². The van der Waals surface area contributed by atoms with Crippen LogP contribution in [0.3, 0.4) is 0 Å². The standard InChI is InChI=1S/C10H22N2O3/c1-8(2)10(14)15-7-9(13)6-12-5-4-11-3/h8-9,11-13H,4-7H2,1-3H3. The van der Waals surface area contributed by atoms with E-state index in [0.717, 1.165) is 13.1 Å². The highest BCUT2D eigenvalue weighted by molar-refractivity contribution is 5.71. The Morgan fingerprint density at radius 1 is 1.40 bits per heavy atom. The predicted molar refractivity (Wildman–Crippen MR) is 58.6 cm³/mol. The van der Waals surface area contributed by atoms with Crippen molar-refractivity contribution in [1.82, 2.24) is 10.6 Å². The molecule has 0 aliphatic rings. The van der Waals surface area contributed by atoms with Gasteiger partial charge in [0.15, 0.2) is 0 Å². The van der Waals surface area contributed by atoms with Gasteiger partial charge in [-0.2, -0.15) is 0 Å². The van der Waals surface area contributed by atoms with Crippen LogP contribution < -0.4 is 10.6 Å². The summed E-state index contributed by atoms with van der Waals surface area (Å²) in [6.45, 7) is 5.65. The van der Waals surface area contributed by atoms with E-state index in [1.807, 2.05) is 7.05 Å². The van der Waals surface area contributed by atoms with Crippen LogP contribution >= 0.6 is 0 Å². The SMILES string of the molecule is CNCCNCC(O)COC(=O)C(C)C. The highest BCUT2D eigenvalue weighted by atomic mass is 16.5. The normalized spacial score (nSPS) is 12.9. The maximum absolute atomic E-state index is 11.1. The third kappa shape index (κ3) is 8.35. The van der Waals surface area contributed by atoms with Crippen LogP contribution in [-0.2, 0) is 9.53 Å². The Bertz CT molecular complexity index is 174. The third-order valence-corrected chi connectivity index (χ3v) is 1.82. The first-order valence-electron chi connectivity index (χ1n) is 5.28. The second-order valence-electron chi connectivity index (χ2n) is 3.75. The van der Waals surface area contributed by atoms with Gasteiger partial charge in [0.25, 0.3) is 0 Å². The van der Waals surface area contributed by atoms with Gasteiger partial charge in [0.05, 0.1) is 5.92 Å². The zero-order chi connectivity index (χ0) is 11.7. The highest BCUT2D eigenvalue weighted by Gasteiger charge is 2.11. The second-order valence-corrected chi connectivity index (χ2v) is 3.75. The minimum absolute atomic E-state index is 0.0591. The van der Waals surface area contributed by atoms with E-state index in [2.05, 4.69) is 10.6 Å². The largest absolute Gasteiger partial charge is 0.463 e. The Morgan fingerprint density at radius 2 is 2.07 bits per heavy atom. The summed E-state index contributed by atoms with van der Waals surface area (Å²) in [5.74, 6) is -0.418. The molecular weight excluding hydrogens is 196 g/mol. The van der Waals surface area contributed by atoms with Gasteiger partial charge in [0, 0.05) is 19.6 Å². The quantitative estimate of drug-likeness (QED) is 0.373.